The highest BCUT2D eigenvalue weighted by molar-refractivity contribution is 6.15. The van der Waals surface area contributed by atoms with Gasteiger partial charge in [0.2, 0.25) is 0 Å². The number of aliphatic imine (C=N–C) groups is 2. The second-order valence-electron chi connectivity index (χ2n) is 7.28. The molecule has 3 heterocycles. The Labute approximate surface area is 178 Å². The van der Waals surface area contributed by atoms with Crippen molar-refractivity contribution in [2.75, 3.05) is 0 Å². The maximum absolute atomic E-state index is 13.2. The number of rotatable bonds is 0. The topological polar surface area (TPSA) is 123 Å². The largest absolute Gasteiger partial charge is 0.618 e. The highest BCUT2D eigenvalue weighted by atomic mass is 16.5. The number of allylic oxidation sites excluding steroid dienone is 5. The van der Waals surface area contributed by atoms with E-state index in [-0.39, 0.29) is 17.0 Å². The quantitative estimate of drug-likeness (QED) is 0.465. The molecule has 0 saturated carbocycles. The molecular weight excluding hydrogens is 398 g/mol. The van der Waals surface area contributed by atoms with E-state index in [1.807, 2.05) is 0 Å². The van der Waals surface area contributed by atoms with Gasteiger partial charge in [0.15, 0.2) is 47.1 Å². The third-order valence-electron chi connectivity index (χ3n) is 5.14. The first-order valence-corrected chi connectivity index (χ1v) is 9.51. The second kappa shape index (κ2) is 7.69. The number of carbonyl (C=O) groups excluding carboxylic acids is 2. The summed E-state index contributed by atoms with van der Waals surface area (Å²) in [6.45, 7) is 3.12. The van der Waals surface area contributed by atoms with Gasteiger partial charge in [-0.1, -0.05) is 0 Å². The van der Waals surface area contributed by atoms with Crippen LogP contribution in [-0.4, -0.2) is 57.0 Å². The minimum atomic E-state index is -1.67. The summed E-state index contributed by atoms with van der Waals surface area (Å²) in [4.78, 5) is 34.4. The van der Waals surface area contributed by atoms with Crippen LogP contribution in [0.1, 0.15) is 13.8 Å². The van der Waals surface area contributed by atoms with Gasteiger partial charge in [0.25, 0.3) is 0 Å². The molecule has 0 radical (unpaired) electrons. The van der Waals surface area contributed by atoms with E-state index in [0.29, 0.717) is 16.0 Å². The first kappa shape index (κ1) is 20.3. The van der Waals surface area contributed by atoms with Crippen LogP contribution in [0.25, 0.3) is 0 Å². The standard InChI is InChI=1S/C22H20N5O4/c1-14-12-18(29)22(23)5-10-26-9-3-4-16-21(26)31-20(22)19(14)17(28)13-15(2)27(30)11-8-24-6-7-25-16/h3-13,21H,23H2,1-2H3/q+1/b15-13+,27-11?. The van der Waals surface area contributed by atoms with Crippen LogP contribution in [0, 0.1) is 5.21 Å². The first-order valence-electron chi connectivity index (χ1n) is 9.51. The first-order chi connectivity index (χ1) is 14.8. The molecule has 9 nitrogen and oxygen atoms in total. The lowest BCUT2D eigenvalue weighted by Crippen LogP contribution is -2.51. The Bertz CT molecular complexity index is 1190. The number of hydroxylamine groups is 1. The number of nitrogens with two attached hydrogens (primary N) is 1. The molecule has 156 valence electrons. The molecule has 0 amide bonds. The summed E-state index contributed by atoms with van der Waals surface area (Å²) in [5.41, 5.74) is 5.99. The summed E-state index contributed by atoms with van der Waals surface area (Å²) < 4.78 is 8.44. The molecule has 2 N–H and O–H groups in total. The molecule has 9 heteroatoms. The van der Waals surface area contributed by atoms with Crippen LogP contribution in [0.5, 0.6) is 0 Å². The molecule has 0 fully saturated rings. The Morgan fingerprint density at radius 2 is 2.00 bits per heavy atom. The third-order valence-corrected chi connectivity index (χ3v) is 5.14. The van der Waals surface area contributed by atoms with Gasteiger partial charge in [-0.3, -0.25) is 14.6 Å². The lowest BCUT2D eigenvalue weighted by atomic mass is 9.80. The molecule has 0 aromatic heterocycles. The maximum atomic E-state index is 13.2. The summed E-state index contributed by atoms with van der Waals surface area (Å²) in [6, 6.07) is 0. The summed E-state index contributed by atoms with van der Waals surface area (Å²) in [6.07, 6.45) is 15.5. The number of ketones is 2. The highest BCUT2D eigenvalue weighted by Gasteiger charge is 2.48. The van der Waals surface area contributed by atoms with Crippen LogP contribution in [-0.2, 0) is 14.3 Å². The zero-order chi connectivity index (χ0) is 22.2. The molecule has 0 aromatic rings. The van der Waals surface area contributed by atoms with Crippen LogP contribution in [0.15, 0.2) is 81.6 Å². The molecule has 4 aliphatic rings. The van der Waals surface area contributed by atoms with Crippen molar-refractivity contribution < 1.29 is 23.6 Å². The van der Waals surface area contributed by atoms with Gasteiger partial charge >= 0.3 is 6.23 Å². The zero-order valence-electron chi connectivity index (χ0n) is 16.9. The molecular formula is C22H20N5O4+. The summed E-state index contributed by atoms with van der Waals surface area (Å²) in [7, 11) is 0. The van der Waals surface area contributed by atoms with Gasteiger partial charge in [-0.15, -0.1) is 0 Å². The fourth-order valence-electron chi connectivity index (χ4n) is 3.48. The summed E-state index contributed by atoms with van der Waals surface area (Å²) in [5.74, 6) is -0.897. The molecule has 0 spiro atoms. The van der Waals surface area contributed by atoms with E-state index in [1.54, 1.807) is 36.1 Å². The molecule has 4 rings (SSSR count). The summed E-state index contributed by atoms with van der Waals surface area (Å²) in [5, 5.41) is 12.2. The number of hydrogen-bond donors (Lipinski definition) is 1. The smallest absolute Gasteiger partial charge is 0.346 e. The van der Waals surface area contributed by atoms with Gasteiger partial charge < -0.3 is 15.7 Å². The van der Waals surface area contributed by atoms with Gasteiger partial charge in [-0.05, 0) is 24.6 Å². The van der Waals surface area contributed by atoms with E-state index >= 15 is 0 Å². The lowest BCUT2D eigenvalue weighted by Gasteiger charge is -2.30. The van der Waals surface area contributed by atoms with Crippen LogP contribution >= 0.6 is 0 Å². The monoisotopic (exact) mass is 418 g/mol. The van der Waals surface area contributed by atoms with Crippen molar-refractivity contribution in [2.45, 2.75) is 25.6 Å². The van der Waals surface area contributed by atoms with Crippen molar-refractivity contribution >= 4 is 35.9 Å². The molecule has 0 saturated heterocycles. The van der Waals surface area contributed by atoms with E-state index < -0.39 is 23.3 Å². The van der Waals surface area contributed by atoms with Crippen molar-refractivity contribution in [1.82, 2.24) is 0 Å². The number of nitrogens with zero attached hydrogens (tertiary/aromatic N) is 4. The lowest BCUT2D eigenvalue weighted by molar-refractivity contribution is -0.522. The van der Waals surface area contributed by atoms with E-state index in [4.69, 9.17) is 10.5 Å². The number of ether oxygens (including phenoxy) is 1. The zero-order valence-corrected chi connectivity index (χ0v) is 16.9. The normalized spacial score (nSPS) is 29.5. The van der Waals surface area contributed by atoms with E-state index in [9.17, 15) is 14.8 Å². The van der Waals surface area contributed by atoms with Crippen LogP contribution in [0.2, 0.25) is 0 Å². The molecule has 2 unspecified atom stereocenters. The SMILES string of the molecule is CC1=CC(=O)C2(N)C=C[N+]3=CC=CC4=NC=CN=CC=[N+]([O-])/C(C)=C/C(=O)C1=C2OC43. The van der Waals surface area contributed by atoms with Crippen LogP contribution < -0.4 is 5.73 Å². The predicted octanol–water partition coefficient (Wildman–Crippen LogP) is 1.04. The Balaban J connectivity index is 1.99. The van der Waals surface area contributed by atoms with Crippen LogP contribution in [0.3, 0.4) is 0 Å². The van der Waals surface area contributed by atoms with E-state index in [0.717, 1.165) is 0 Å². The molecule has 31 heavy (non-hydrogen) atoms. The molecule has 3 aliphatic heterocycles. The van der Waals surface area contributed by atoms with Gasteiger partial charge in [0.1, 0.15) is 5.76 Å². The van der Waals surface area contributed by atoms with E-state index in [2.05, 4.69) is 9.98 Å². The number of hydrogen-bond acceptors (Lipinski definition) is 7. The van der Waals surface area contributed by atoms with Gasteiger partial charge in [-0.25, -0.2) is 4.99 Å². The van der Waals surface area contributed by atoms with Crippen molar-refractivity contribution in [1.29, 1.82) is 0 Å². The maximum Gasteiger partial charge on any atom is 0.346 e. The minimum Gasteiger partial charge on any atom is -0.618 e. The Morgan fingerprint density at radius 1 is 1.19 bits per heavy atom. The minimum absolute atomic E-state index is 0.0169. The Hall–Kier alpha value is -3.98. The van der Waals surface area contributed by atoms with Gasteiger partial charge in [-0.2, -0.15) is 9.31 Å². The third kappa shape index (κ3) is 3.55. The van der Waals surface area contributed by atoms with Crippen molar-refractivity contribution in [2.24, 2.45) is 15.7 Å². The van der Waals surface area contributed by atoms with Gasteiger partial charge in [0, 0.05) is 31.5 Å². The molecule has 0 aromatic carbocycles. The van der Waals surface area contributed by atoms with Crippen molar-refractivity contribution in [3.05, 3.63) is 76.8 Å². The molecule has 2 atom stereocenters. The Morgan fingerprint density at radius 3 is 2.81 bits per heavy atom. The fourth-order valence-corrected chi connectivity index (χ4v) is 3.48. The predicted molar refractivity (Wildman–Crippen MR) is 116 cm³/mol. The van der Waals surface area contributed by atoms with Crippen molar-refractivity contribution in [3.8, 4) is 0 Å². The van der Waals surface area contributed by atoms with E-state index in [1.165, 1.54) is 50.0 Å². The van der Waals surface area contributed by atoms with Gasteiger partial charge in [0.05, 0.1) is 17.9 Å². The van der Waals surface area contributed by atoms with Crippen molar-refractivity contribution in [3.63, 3.8) is 0 Å². The molecule has 2 bridgehead atoms. The summed E-state index contributed by atoms with van der Waals surface area (Å²) >= 11 is 0. The molecule has 1 aliphatic carbocycles. The number of carbonyl (C=O) groups is 2. The average molecular weight is 418 g/mol. The average Bonchev–Trinajstić information content (AvgIpc) is 2.88. The van der Waals surface area contributed by atoms with Crippen LogP contribution in [0.4, 0.5) is 0 Å². The Kier molecular flexibility index (Phi) is 5.04. The fraction of sp³-hybridized carbons (Fsp3) is 0.182. The second-order valence-corrected chi connectivity index (χ2v) is 7.28. The highest BCUT2D eigenvalue weighted by Crippen LogP contribution is 2.35.